The van der Waals surface area contributed by atoms with Crippen molar-refractivity contribution in [2.75, 3.05) is 5.73 Å². The monoisotopic (exact) mass is 416 g/mol. The summed E-state index contributed by atoms with van der Waals surface area (Å²) >= 11 is 1.13. The SMILES string of the molecule is CC(C)(C)C(=O)C(Sc1nc(N)c(C#N)c(-c2ccccc2)c1C#N)n1ccnc1. The average molecular weight is 417 g/mol. The highest BCUT2D eigenvalue weighted by Crippen LogP contribution is 2.41. The number of hydrogen-bond donors (Lipinski definition) is 1. The van der Waals surface area contributed by atoms with E-state index in [0.717, 1.165) is 11.8 Å². The fourth-order valence-electron chi connectivity index (χ4n) is 2.91. The maximum Gasteiger partial charge on any atom is 0.171 e. The number of thioether (sulfide) groups is 1. The quantitative estimate of drug-likeness (QED) is 0.619. The molecule has 0 amide bonds. The Morgan fingerprint density at radius 3 is 2.37 bits per heavy atom. The molecule has 1 atom stereocenters. The van der Waals surface area contributed by atoms with Crippen molar-refractivity contribution in [2.24, 2.45) is 5.41 Å². The molecule has 3 aromatic rings. The smallest absolute Gasteiger partial charge is 0.171 e. The highest BCUT2D eigenvalue weighted by molar-refractivity contribution is 8.00. The van der Waals surface area contributed by atoms with Crippen LogP contribution in [0.5, 0.6) is 0 Å². The molecule has 3 rings (SSSR count). The predicted octanol–water partition coefficient (Wildman–Crippen LogP) is 4.18. The number of benzene rings is 1. The number of carbonyl (C=O) groups excluding carboxylic acids is 1. The molecule has 8 heteroatoms. The minimum Gasteiger partial charge on any atom is -0.383 e. The summed E-state index contributed by atoms with van der Waals surface area (Å²) in [7, 11) is 0. The van der Waals surface area contributed by atoms with Gasteiger partial charge in [0.05, 0.1) is 11.9 Å². The Balaban J connectivity index is 2.21. The van der Waals surface area contributed by atoms with Gasteiger partial charge in [0.15, 0.2) is 5.78 Å². The van der Waals surface area contributed by atoms with Crippen LogP contribution in [-0.2, 0) is 4.79 Å². The molecule has 0 radical (unpaired) electrons. The summed E-state index contributed by atoms with van der Waals surface area (Å²) in [6.07, 6.45) is 4.83. The predicted molar refractivity (Wildman–Crippen MR) is 115 cm³/mol. The van der Waals surface area contributed by atoms with Crippen molar-refractivity contribution in [3.8, 4) is 23.3 Å². The third kappa shape index (κ3) is 4.05. The summed E-state index contributed by atoms with van der Waals surface area (Å²) < 4.78 is 1.68. The summed E-state index contributed by atoms with van der Waals surface area (Å²) in [6.45, 7) is 5.50. The zero-order chi connectivity index (χ0) is 21.9. The van der Waals surface area contributed by atoms with Crippen molar-refractivity contribution in [1.29, 1.82) is 10.5 Å². The maximum absolute atomic E-state index is 13.2. The maximum atomic E-state index is 13.2. The Labute approximate surface area is 179 Å². The van der Waals surface area contributed by atoms with Crippen LogP contribution in [0, 0.1) is 28.1 Å². The molecule has 150 valence electrons. The lowest BCUT2D eigenvalue weighted by Gasteiger charge is -2.25. The van der Waals surface area contributed by atoms with E-state index in [-0.39, 0.29) is 22.7 Å². The standard InChI is InChI=1S/C22H20N6OS/c1-22(2,3)18(29)21(28-10-9-26-13-28)30-20-16(12-24)17(14-7-5-4-6-8-14)15(11-23)19(25)27-20/h4-10,13,21H,1-3H3,(H2,25,27). The van der Waals surface area contributed by atoms with Crippen molar-refractivity contribution < 1.29 is 4.79 Å². The number of nitrogens with zero attached hydrogens (tertiary/aromatic N) is 5. The number of carbonyl (C=O) groups is 1. The molecular weight excluding hydrogens is 396 g/mol. The van der Waals surface area contributed by atoms with Crippen molar-refractivity contribution >= 4 is 23.4 Å². The lowest BCUT2D eigenvalue weighted by molar-refractivity contribution is -0.127. The molecule has 2 N–H and O–H groups in total. The first-order valence-electron chi connectivity index (χ1n) is 9.15. The van der Waals surface area contributed by atoms with E-state index in [2.05, 4.69) is 22.1 Å². The van der Waals surface area contributed by atoms with Crippen molar-refractivity contribution in [1.82, 2.24) is 14.5 Å². The second-order valence-electron chi connectivity index (χ2n) is 7.61. The van der Waals surface area contributed by atoms with Gasteiger partial charge in [-0.3, -0.25) is 4.79 Å². The van der Waals surface area contributed by atoms with E-state index in [1.54, 1.807) is 35.4 Å². The molecule has 0 saturated carbocycles. The first-order valence-corrected chi connectivity index (χ1v) is 10.0. The Morgan fingerprint density at radius 2 is 1.83 bits per heavy atom. The van der Waals surface area contributed by atoms with E-state index in [1.165, 1.54) is 0 Å². The number of aromatic nitrogens is 3. The first-order chi connectivity index (χ1) is 14.3. The number of Topliss-reactive ketones (excluding diaryl/α,β-unsaturated/α-hetero) is 1. The summed E-state index contributed by atoms with van der Waals surface area (Å²) in [5, 5.41) is 19.2. The van der Waals surface area contributed by atoms with Crippen molar-refractivity contribution in [2.45, 2.75) is 31.2 Å². The zero-order valence-corrected chi connectivity index (χ0v) is 17.6. The van der Waals surface area contributed by atoms with E-state index in [4.69, 9.17) is 5.73 Å². The van der Waals surface area contributed by atoms with Gasteiger partial charge in [0.25, 0.3) is 0 Å². The van der Waals surface area contributed by atoms with E-state index in [1.807, 2.05) is 39.0 Å². The topological polar surface area (TPSA) is 121 Å². The van der Waals surface area contributed by atoms with Gasteiger partial charge in [-0.05, 0) is 5.56 Å². The summed E-state index contributed by atoms with van der Waals surface area (Å²) in [4.78, 5) is 21.5. The lowest BCUT2D eigenvalue weighted by Crippen LogP contribution is -2.28. The highest BCUT2D eigenvalue weighted by Gasteiger charge is 2.33. The molecule has 2 heterocycles. The number of nitrogen functional groups attached to an aromatic ring is 1. The minimum absolute atomic E-state index is 0.0189. The van der Waals surface area contributed by atoms with Crippen LogP contribution < -0.4 is 5.73 Å². The van der Waals surface area contributed by atoms with Crippen LogP contribution >= 0.6 is 11.8 Å². The number of rotatable bonds is 5. The average Bonchev–Trinajstić information content (AvgIpc) is 3.25. The van der Waals surface area contributed by atoms with Gasteiger partial charge in [0, 0.05) is 23.4 Å². The summed E-state index contributed by atoms with van der Waals surface area (Å²) in [5.74, 6) is -0.0363. The normalized spacial score (nSPS) is 12.0. The van der Waals surface area contributed by atoms with Gasteiger partial charge in [-0.25, -0.2) is 9.97 Å². The Hall–Kier alpha value is -3.62. The van der Waals surface area contributed by atoms with Crippen LogP contribution in [0.3, 0.4) is 0 Å². The van der Waals surface area contributed by atoms with Crippen LogP contribution in [-0.4, -0.2) is 20.3 Å². The van der Waals surface area contributed by atoms with Gasteiger partial charge in [-0.2, -0.15) is 10.5 Å². The van der Waals surface area contributed by atoms with Gasteiger partial charge in [-0.15, -0.1) is 0 Å². The third-order valence-corrected chi connectivity index (χ3v) is 5.66. The number of anilines is 1. The largest absolute Gasteiger partial charge is 0.383 e. The number of pyridine rings is 1. The van der Waals surface area contributed by atoms with Crippen molar-refractivity contribution in [3.63, 3.8) is 0 Å². The molecule has 1 unspecified atom stereocenters. The molecule has 0 aliphatic heterocycles. The molecule has 0 aliphatic carbocycles. The number of hydrogen-bond acceptors (Lipinski definition) is 7. The molecule has 30 heavy (non-hydrogen) atoms. The molecule has 0 spiro atoms. The Morgan fingerprint density at radius 1 is 1.17 bits per heavy atom. The Bertz CT molecular complexity index is 1150. The summed E-state index contributed by atoms with van der Waals surface area (Å²) in [6, 6.07) is 13.3. The van der Waals surface area contributed by atoms with Gasteiger partial charge in [0.2, 0.25) is 0 Å². The molecule has 0 saturated heterocycles. The van der Waals surface area contributed by atoms with Gasteiger partial charge in [0.1, 0.15) is 33.9 Å². The molecular formula is C22H20N6OS. The molecule has 0 aliphatic rings. The molecule has 2 aromatic heterocycles. The molecule has 0 bridgehead atoms. The molecule has 1 aromatic carbocycles. The second kappa shape index (κ2) is 8.40. The number of imidazole rings is 1. The van der Waals surface area contributed by atoms with Crippen molar-refractivity contribution in [3.05, 3.63) is 60.2 Å². The second-order valence-corrected chi connectivity index (χ2v) is 8.68. The third-order valence-electron chi connectivity index (χ3n) is 4.46. The van der Waals surface area contributed by atoms with Crippen LogP contribution in [0.4, 0.5) is 5.82 Å². The van der Waals surface area contributed by atoms with E-state index in [0.29, 0.717) is 16.2 Å². The van der Waals surface area contributed by atoms with E-state index < -0.39 is 10.8 Å². The van der Waals surface area contributed by atoms with Crippen LogP contribution in [0.25, 0.3) is 11.1 Å². The number of nitriles is 2. The summed E-state index contributed by atoms with van der Waals surface area (Å²) in [5.41, 5.74) is 6.92. The molecule has 7 nitrogen and oxygen atoms in total. The van der Waals surface area contributed by atoms with Gasteiger partial charge < -0.3 is 10.3 Å². The number of nitrogens with two attached hydrogens (primary N) is 1. The van der Waals surface area contributed by atoms with Crippen LogP contribution in [0.2, 0.25) is 0 Å². The van der Waals surface area contributed by atoms with E-state index in [9.17, 15) is 15.3 Å². The van der Waals surface area contributed by atoms with Crippen LogP contribution in [0.15, 0.2) is 54.1 Å². The van der Waals surface area contributed by atoms with Crippen LogP contribution in [0.1, 0.15) is 37.3 Å². The molecule has 0 fully saturated rings. The first kappa shape index (κ1) is 21.1. The Kier molecular flexibility index (Phi) is 5.91. The number of ketones is 1. The highest BCUT2D eigenvalue weighted by atomic mass is 32.2. The zero-order valence-electron chi connectivity index (χ0n) is 16.8. The van der Waals surface area contributed by atoms with Gasteiger partial charge >= 0.3 is 0 Å². The van der Waals surface area contributed by atoms with Gasteiger partial charge in [-0.1, -0.05) is 62.9 Å². The minimum atomic E-state index is -0.692. The fraction of sp³-hybridized carbons (Fsp3) is 0.227. The fourth-order valence-corrected chi connectivity index (χ4v) is 4.25. The lowest BCUT2D eigenvalue weighted by atomic mass is 9.90. The van der Waals surface area contributed by atoms with E-state index >= 15 is 0 Å².